The fourth-order valence-electron chi connectivity index (χ4n) is 1.09. The normalized spacial score (nSPS) is 23.5. The van der Waals surface area contributed by atoms with Crippen LogP contribution in [0.4, 0.5) is 0 Å². The zero-order valence-electron chi connectivity index (χ0n) is 6.73. The van der Waals surface area contributed by atoms with E-state index >= 15 is 0 Å². The quantitative estimate of drug-likeness (QED) is 0.371. The molecule has 1 aliphatic rings. The second kappa shape index (κ2) is 3.34. The molecule has 12 heavy (non-hydrogen) atoms. The standard InChI is InChI=1S/C8H10N2O2/c1-6(9)7-4-2-3-5-8(7)10(11)12/h2,4-6,8H,9H2,1H3/t6-,8?/m0/s1. The van der Waals surface area contributed by atoms with Crippen LogP contribution in [0.15, 0.2) is 29.5 Å². The number of nitro groups is 1. The highest BCUT2D eigenvalue weighted by molar-refractivity contribution is 5.28. The van der Waals surface area contributed by atoms with Crippen LogP contribution in [0.3, 0.4) is 0 Å². The Labute approximate surface area is 70.2 Å². The van der Waals surface area contributed by atoms with Crippen LogP contribution in [0.25, 0.3) is 0 Å². The molecule has 0 amide bonds. The van der Waals surface area contributed by atoms with Crippen LogP contribution in [0.2, 0.25) is 0 Å². The van der Waals surface area contributed by atoms with E-state index < -0.39 is 6.04 Å². The van der Waals surface area contributed by atoms with E-state index in [1.54, 1.807) is 19.1 Å². The van der Waals surface area contributed by atoms with Gasteiger partial charge in [-0.2, -0.15) is 0 Å². The molecule has 0 bridgehead atoms. The van der Waals surface area contributed by atoms with Crippen molar-refractivity contribution in [3.8, 4) is 0 Å². The second-order valence-corrected chi connectivity index (χ2v) is 2.69. The van der Waals surface area contributed by atoms with Gasteiger partial charge < -0.3 is 5.73 Å². The lowest BCUT2D eigenvalue weighted by atomic mass is 9.98. The highest BCUT2D eigenvalue weighted by atomic mass is 16.6. The van der Waals surface area contributed by atoms with Crippen molar-refractivity contribution in [1.82, 2.24) is 0 Å². The lowest BCUT2D eigenvalue weighted by Gasteiger charge is -2.13. The summed E-state index contributed by atoms with van der Waals surface area (Å²) >= 11 is 0. The number of allylic oxidation sites excluding steroid dienone is 1. The molecule has 0 aromatic rings. The van der Waals surface area contributed by atoms with Crippen LogP contribution in [0, 0.1) is 10.1 Å². The van der Waals surface area contributed by atoms with E-state index in [0.717, 1.165) is 0 Å². The third-order valence-corrected chi connectivity index (χ3v) is 1.72. The molecule has 4 heteroatoms. The van der Waals surface area contributed by atoms with Crippen LogP contribution in [-0.4, -0.2) is 17.0 Å². The summed E-state index contributed by atoms with van der Waals surface area (Å²) in [6.45, 7) is 1.73. The fraction of sp³-hybridized carbons (Fsp3) is 0.375. The third-order valence-electron chi connectivity index (χ3n) is 1.72. The summed E-state index contributed by atoms with van der Waals surface area (Å²) in [7, 11) is 0. The Bertz CT molecular complexity index is 285. The number of hydrogen-bond donors (Lipinski definition) is 1. The first-order chi connectivity index (χ1) is 5.63. The summed E-state index contributed by atoms with van der Waals surface area (Å²) < 4.78 is 0. The van der Waals surface area contributed by atoms with Crippen LogP contribution in [0.1, 0.15) is 6.92 Å². The summed E-state index contributed by atoms with van der Waals surface area (Å²) in [6, 6.07) is -1.08. The van der Waals surface area contributed by atoms with E-state index in [1.807, 2.05) is 0 Å². The predicted octanol–water partition coefficient (Wildman–Crippen LogP) is 0.630. The van der Waals surface area contributed by atoms with E-state index in [2.05, 4.69) is 5.73 Å². The summed E-state index contributed by atoms with van der Waals surface area (Å²) in [5, 5.41) is 10.5. The minimum Gasteiger partial charge on any atom is -0.324 e. The summed E-state index contributed by atoms with van der Waals surface area (Å²) in [5.74, 6) is 0. The van der Waals surface area contributed by atoms with Gasteiger partial charge in [0.05, 0.1) is 0 Å². The van der Waals surface area contributed by atoms with Gasteiger partial charge in [-0.05, 0) is 19.1 Å². The minimum absolute atomic E-state index is 0.282. The lowest BCUT2D eigenvalue weighted by molar-refractivity contribution is -0.499. The van der Waals surface area contributed by atoms with Gasteiger partial charge in [0, 0.05) is 22.6 Å². The summed E-state index contributed by atoms with van der Waals surface area (Å²) in [5.41, 5.74) is 8.86. The van der Waals surface area contributed by atoms with Crippen molar-refractivity contribution >= 4 is 0 Å². The predicted molar refractivity (Wildman–Crippen MR) is 45.2 cm³/mol. The van der Waals surface area contributed by atoms with Crippen LogP contribution in [-0.2, 0) is 0 Å². The van der Waals surface area contributed by atoms with Crippen molar-refractivity contribution in [2.24, 2.45) is 5.73 Å². The van der Waals surface area contributed by atoms with E-state index in [9.17, 15) is 10.1 Å². The fourth-order valence-corrected chi connectivity index (χ4v) is 1.09. The maximum Gasteiger partial charge on any atom is 0.261 e. The lowest BCUT2D eigenvalue weighted by Crippen LogP contribution is -2.31. The first kappa shape index (κ1) is 8.71. The molecule has 0 aliphatic heterocycles. The SMILES string of the molecule is C[C@H](N)C1=CC=C=CC1[N+](=O)[O-]. The van der Waals surface area contributed by atoms with Crippen molar-refractivity contribution in [3.05, 3.63) is 39.6 Å². The van der Waals surface area contributed by atoms with Gasteiger partial charge in [0.25, 0.3) is 6.04 Å². The molecule has 2 N–H and O–H groups in total. The Morgan fingerprint density at radius 3 is 2.92 bits per heavy atom. The van der Waals surface area contributed by atoms with Crippen LogP contribution in [0.5, 0.6) is 0 Å². The van der Waals surface area contributed by atoms with Gasteiger partial charge in [-0.3, -0.25) is 10.1 Å². The zero-order valence-corrected chi connectivity index (χ0v) is 6.73. The van der Waals surface area contributed by atoms with Crippen molar-refractivity contribution in [3.63, 3.8) is 0 Å². The molecule has 4 nitrogen and oxygen atoms in total. The molecule has 0 fully saturated rings. The molecular formula is C8H10N2O2. The largest absolute Gasteiger partial charge is 0.324 e. The highest BCUT2D eigenvalue weighted by Gasteiger charge is 2.25. The van der Waals surface area contributed by atoms with Crippen molar-refractivity contribution < 1.29 is 4.92 Å². The van der Waals surface area contributed by atoms with Crippen molar-refractivity contribution in [2.75, 3.05) is 0 Å². The summed E-state index contributed by atoms with van der Waals surface area (Å²) in [4.78, 5) is 10.1. The molecule has 0 aromatic carbocycles. The first-order valence-electron chi connectivity index (χ1n) is 3.64. The van der Waals surface area contributed by atoms with Crippen molar-refractivity contribution in [2.45, 2.75) is 19.0 Å². The summed E-state index contributed by atoms with van der Waals surface area (Å²) in [6.07, 6.45) is 4.70. The average Bonchev–Trinajstić information content (AvgIpc) is 2.04. The Kier molecular flexibility index (Phi) is 2.43. The number of hydrogen-bond acceptors (Lipinski definition) is 3. The number of rotatable bonds is 2. The average molecular weight is 166 g/mol. The highest BCUT2D eigenvalue weighted by Crippen LogP contribution is 2.13. The van der Waals surface area contributed by atoms with E-state index in [-0.39, 0.29) is 11.0 Å². The van der Waals surface area contributed by atoms with Gasteiger partial charge in [0.2, 0.25) is 0 Å². The molecule has 0 radical (unpaired) electrons. The van der Waals surface area contributed by atoms with Gasteiger partial charge in [-0.15, -0.1) is 5.73 Å². The number of nitrogens with two attached hydrogens (primary N) is 1. The molecule has 0 heterocycles. The second-order valence-electron chi connectivity index (χ2n) is 2.69. The van der Waals surface area contributed by atoms with Gasteiger partial charge in [-0.1, -0.05) is 0 Å². The van der Waals surface area contributed by atoms with Crippen LogP contribution < -0.4 is 5.73 Å². The zero-order chi connectivity index (χ0) is 9.14. The monoisotopic (exact) mass is 166 g/mol. The first-order valence-corrected chi connectivity index (χ1v) is 3.64. The Balaban J connectivity index is 2.94. The Morgan fingerprint density at radius 1 is 1.83 bits per heavy atom. The molecule has 2 atom stereocenters. The maximum atomic E-state index is 10.5. The van der Waals surface area contributed by atoms with Gasteiger partial charge in [0.15, 0.2) is 0 Å². The topological polar surface area (TPSA) is 69.2 Å². The molecule has 1 aliphatic carbocycles. The number of nitrogens with zero attached hydrogens (tertiary/aromatic N) is 1. The molecule has 0 aromatic heterocycles. The van der Waals surface area contributed by atoms with E-state index in [4.69, 9.17) is 5.73 Å². The molecule has 0 spiro atoms. The van der Waals surface area contributed by atoms with Gasteiger partial charge >= 0.3 is 0 Å². The van der Waals surface area contributed by atoms with Crippen LogP contribution >= 0.6 is 0 Å². The minimum atomic E-state index is -0.796. The molecule has 64 valence electrons. The van der Waals surface area contributed by atoms with E-state index in [0.29, 0.717) is 5.57 Å². The molecule has 0 saturated carbocycles. The third kappa shape index (κ3) is 1.61. The van der Waals surface area contributed by atoms with E-state index in [1.165, 1.54) is 6.08 Å². The molecular weight excluding hydrogens is 156 g/mol. The van der Waals surface area contributed by atoms with Gasteiger partial charge in [-0.25, -0.2) is 0 Å². The molecule has 1 unspecified atom stereocenters. The smallest absolute Gasteiger partial charge is 0.261 e. The Hall–Kier alpha value is -1.38. The maximum absolute atomic E-state index is 10.5. The van der Waals surface area contributed by atoms with Crippen molar-refractivity contribution in [1.29, 1.82) is 0 Å². The molecule has 0 saturated heterocycles. The molecule has 1 rings (SSSR count). The van der Waals surface area contributed by atoms with Gasteiger partial charge in [0.1, 0.15) is 0 Å². The Morgan fingerprint density at radius 2 is 2.50 bits per heavy atom.